The molecule has 0 radical (unpaired) electrons. The maximum absolute atomic E-state index is 14.3. The molecule has 1 saturated heterocycles. The number of benzene rings is 1. The normalized spacial score (nSPS) is 29.2. The molecule has 4 bridgehead atoms. The first-order valence-corrected chi connectivity index (χ1v) is 19.3. The van der Waals surface area contributed by atoms with Crippen LogP contribution in [0.3, 0.4) is 0 Å². The second kappa shape index (κ2) is 13.7. The molecule has 0 spiro atoms. The van der Waals surface area contributed by atoms with Crippen molar-refractivity contribution >= 4 is 39.9 Å². The maximum Gasteiger partial charge on any atom is 0.410 e. The van der Waals surface area contributed by atoms with Crippen molar-refractivity contribution in [3.63, 3.8) is 0 Å². The van der Waals surface area contributed by atoms with Crippen molar-refractivity contribution in [2.24, 2.45) is 11.3 Å². The van der Waals surface area contributed by atoms with Gasteiger partial charge in [0.2, 0.25) is 21.8 Å². The largest absolute Gasteiger partial charge is 0.450 e. The van der Waals surface area contributed by atoms with E-state index in [1.54, 1.807) is 25.7 Å². The smallest absolute Gasteiger partial charge is 0.410 e. The number of amides is 5. The Morgan fingerprint density at radius 3 is 2.48 bits per heavy atom. The first kappa shape index (κ1) is 35.9. The summed E-state index contributed by atoms with van der Waals surface area (Å²) >= 11 is 0. The van der Waals surface area contributed by atoms with Crippen LogP contribution in [0.2, 0.25) is 0 Å². The van der Waals surface area contributed by atoms with Crippen LogP contribution in [0.15, 0.2) is 18.2 Å². The summed E-state index contributed by atoms with van der Waals surface area (Å²) in [5.41, 5.74) is 1.04. The Kier molecular flexibility index (Phi) is 9.83. The highest BCUT2D eigenvalue weighted by Gasteiger charge is 2.62. The molecular formula is C35H49N5O9S. The highest BCUT2D eigenvalue weighted by molar-refractivity contribution is 7.91. The Morgan fingerprint density at radius 1 is 1.06 bits per heavy atom. The van der Waals surface area contributed by atoms with Crippen LogP contribution in [0.1, 0.15) is 95.8 Å². The average Bonchev–Trinajstić information content (AvgIpc) is 3.94. The third-order valence-electron chi connectivity index (χ3n) is 10.7. The monoisotopic (exact) mass is 715 g/mol. The number of carbonyl (C=O) groups is 5. The predicted octanol–water partition coefficient (Wildman–Crippen LogP) is 2.87. The van der Waals surface area contributed by atoms with Crippen molar-refractivity contribution in [1.29, 1.82) is 0 Å². The van der Waals surface area contributed by atoms with Crippen LogP contribution < -0.4 is 15.4 Å². The van der Waals surface area contributed by atoms with Gasteiger partial charge in [-0.3, -0.25) is 24.0 Å². The van der Waals surface area contributed by atoms with Crippen molar-refractivity contribution in [2.75, 3.05) is 13.2 Å². The third kappa shape index (κ3) is 7.42. The van der Waals surface area contributed by atoms with E-state index < -0.39 is 74.3 Å². The predicted molar refractivity (Wildman–Crippen MR) is 181 cm³/mol. The Labute approximate surface area is 293 Å². The minimum atomic E-state index is -3.87. The zero-order valence-corrected chi connectivity index (χ0v) is 30.1. The van der Waals surface area contributed by atoms with Gasteiger partial charge in [0, 0.05) is 19.5 Å². The van der Waals surface area contributed by atoms with E-state index in [1.165, 1.54) is 4.90 Å². The lowest BCUT2D eigenvalue weighted by Crippen LogP contribution is -2.60. The number of ether oxygens (including phenoxy) is 2. The molecule has 3 fully saturated rings. The van der Waals surface area contributed by atoms with Crippen molar-refractivity contribution in [1.82, 2.24) is 25.2 Å². The highest BCUT2D eigenvalue weighted by Crippen LogP contribution is 2.47. The minimum absolute atomic E-state index is 0.0501. The SMILES string of the molecule is CC[C@H]1C[C@]1(NC(=O)[C@@H]1C[C@@H]2CN1C(=O)[C@H](C(C)(C)C)NC(=O)OCCCCCc1cccc3c1CN(C3)C(=O)O2)C(=O)NS(=O)(=O)C1CC1. The Morgan fingerprint density at radius 2 is 1.80 bits per heavy atom. The molecule has 3 N–H and O–H groups in total. The van der Waals surface area contributed by atoms with Gasteiger partial charge < -0.3 is 25.0 Å². The second-order valence-corrected chi connectivity index (χ2v) is 17.5. The molecule has 1 aromatic rings. The van der Waals surface area contributed by atoms with Crippen molar-refractivity contribution in [3.05, 3.63) is 34.9 Å². The summed E-state index contributed by atoms with van der Waals surface area (Å²) in [6, 6.07) is 3.77. The summed E-state index contributed by atoms with van der Waals surface area (Å²) in [6.45, 7) is 8.02. The fraction of sp³-hybridized carbons (Fsp3) is 0.686. The number of alkyl carbamates (subject to hydrolysis) is 1. The molecule has 2 saturated carbocycles. The number of cyclic esters (lactones) is 1. The number of carbonyl (C=O) groups excluding carboxylic acids is 5. The van der Waals surface area contributed by atoms with Crippen molar-refractivity contribution in [2.45, 2.75) is 128 Å². The number of rotatable bonds is 6. The van der Waals surface area contributed by atoms with Gasteiger partial charge in [0.25, 0.3) is 5.91 Å². The first-order valence-electron chi connectivity index (χ1n) is 17.8. The molecule has 15 heteroatoms. The molecule has 1 aromatic carbocycles. The Hall–Kier alpha value is -3.88. The van der Waals surface area contributed by atoms with E-state index in [-0.39, 0.29) is 31.9 Å². The van der Waals surface area contributed by atoms with Gasteiger partial charge >= 0.3 is 12.2 Å². The van der Waals surface area contributed by atoms with Crippen molar-refractivity contribution < 1.29 is 41.9 Å². The van der Waals surface area contributed by atoms with Gasteiger partial charge in [0.15, 0.2) is 0 Å². The van der Waals surface area contributed by atoms with E-state index in [2.05, 4.69) is 21.4 Å². The molecule has 0 aromatic heterocycles. The standard InChI is InChI=1S/C35H49N5O9S/c1-5-23-17-35(23,31(43)38-50(46,47)25-13-14-25)37-29(41)27-16-24-19-40(27)30(42)28(34(2,3)4)36-32(44)48-15-8-6-7-10-21-11-9-12-22-18-39(20-26(21)22)33(45)49-24/h9,11-12,23-25,27-28H,5-8,10,13-20H2,1-4H3,(H,36,44)(H,37,41)(H,38,43)/t23-,24+,27-,28+,35+/m0/s1. The van der Waals surface area contributed by atoms with Gasteiger partial charge in [0.1, 0.15) is 23.7 Å². The minimum Gasteiger partial charge on any atom is -0.450 e. The van der Waals surface area contributed by atoms with E-state index in [0.717, 1.165) is 36.0 Å². The zero-order chi connectivity index (χ0) is 36.0. The molecule has 3 heterocycles. The lowest BCUT2D eigenvalue weighted by molar-refractivity contribution is -0.143. The number of hydrogen-bond donors (Lipinski definition) is 3. The zero-order valence-electron chi connectivity index (χ0n) is 29.3. The summed E-state index contributed by atoms with van der Waals surface area (Å²) < 4.78 is 38.9. The lowest BCUT2D eigenvalue weighted by atomic mass is 9.85. The van der Waals surface area contributed by atoms with Gasteiger partial charge in [-0.25, -0.2) is 18.0 Å². The molecule has 2 aliphatic carbocycles. The van der Waals surface area contributed by atoms with E-state index >= 15 is 0 Å². The maximum atomic E-state index is 14.3. The summed E-state index contributed by atoms with van der Waals surface area (Å²) in [7, 11) is -3.87. The Balaban J connectivity index is 1.26. The van der Waals surface area contributed by atoms with Crippen LogP contribution in [-0.2, 0) is 53.4 Å². The number of nitrogens with zero attached hydrogens (tertiary/aromatic N) is 2. The van der Waals surface area contributed by atoms with E-state index in [9.17, 15) is 32.4 Å². The summed E-state index contributed by atoms with van der Waals surface area (Å²) in [5, 5.41) is 4.89. The fourth-order valence-electron chi connectivity index (χ4n) is 7.48. The molecule has 5 atom stereocenters. The molecule has 274 valence electrons. The molecule has 5 aliphatic rings. The summed E-state index contributed by atoms with van der Waals surface area (Å²) in [6.07, 6.45) is 2.64. The Bertz CT molecular complexity index is 1660. The van der Waals surface area contributed by atoms with E-state index in [4.69, 9.17) is 9.47 Å². The number of aryl methyl sites for hydroxylation is 1. The third-order valence-corrected chi connectivity index (χ3v) is 12.5. The summed E-state index contributed by atoms with van der Waals surface area (Å²) in [4.78, 5) is 71.3. The highest BCUT2D eigenvalue weighted by atomic mass is 32.2. The molecule has 50 heavy (non-hydrogen) atoms. The number of sulfonamides is 1. The molecule has 14 nitrogen and oxygen atoms in total. The fourth-order valence-corrected chi connectivity index (χ4v) is 8.84. The second-order valence-electron chi connectivity index (χ2n) is 15.5. The number of fused-ring (bicyclic) bond motifs is 3. The van der Waals surface area contributed by atoms with Crippen LogP contribution in [0, 0.1) is 11.3 Å². The van der Waals surface area contributed by atoms with E-state index in [0.29, 0.717) is 38.8 Å². The van der Waals surface area contributed by atoms with E-state index in [1.807, 2.05) is 19.1 Å². The molecule has 0 unspecified atom stereocenters. The lowest BCUT2D eigenvalue weighted by Gasteiger charge is -2.35. The molecular weight excluding hydrogens is 666 g/mol. The van der Waals surface area contributed by atoms with Crippen LogP contribution >= 0.6 is 0 Å². The van der Waals surface area contributed by atoms with Gasteiger partial charge in [-0.2, -0.15) is 0 Å². The van der Waals surface area contributed by atoms with Gasteiger partial charge in [-0.05, 0) is 73.0 Å². The molecule has 5 amide bonds. The molecule has 6 rings (SSSR count). The van der Waals surface area contributed by atoms with Gasteiger partial charge in [-0.15, -0.1) is 0 Å². The number of hydrogen-bond acceptors (Lipinski definition) is 9. The van der Waals surface area contributed by atoms with Crippen LogP contribution in [0.25, 0.3) is 0 Å². The topological polar surface area (TPSA) is 181 Å². The van der Waals surface area contributed by atoms with Crippen molar-refractivity contribution in [3.8, 4) is 0 Å². The quantitative estimate of drug-likeness (QED) is 0.399. The van der Waals surface area contributed by atoms with Crippen LogP contribution in [0.4, 0.5) is 9.59 Å². The molecule has 3 aliphatic heterocycles. The first-order chi connectivity index (χ1) is 23.6. The van der Waals surface area contributed by atoms with Crippen LogP contribution in [0.5, 0.6) is 0 Å². The number of nitrogens with one attached hydrogen (secondary N) is 3. The summed E-state index contributed by atoms with van der Waals surface area (Å²) in [5.74, 6) is -2.32. The van der Waals surface area contributed by atoms with Gasteiger partial charge in [0.05, 0.1) is 18.4 Å². The van der Waals surface area contributed by atoms with Crippen LogP contribution in [-0.4, -0.2) is 90.3 Å². The van der Waals surface area contributed by atoms with Gasteiger partial charge in [-0.1, -0.05) is 52.3 Å². The average molecular weight is 716 g/mol.